The Morgan fingerprint density at radius 1 is 1.22 bits per heavy atom. The van der Waals surface area contributed by atoms with E-state index in [0.717, 1.165) is 29.9 Å². The molecule has 0 aromatic heterocycles. The fourth-order valence-corrected chi connectivity index (χ4v) is 1.70. The maximum Gasteiger partial charge on any atom is 0.164 e. The van der Waals surface area contributed by atoms with E-state index in [1.54, 1.807) is 7.11 Å². The Morgan fingerprint density at radius 2 is 1.94 bits per heavy atom. The molecule has 0 aliphatic heterocycles. The first kappa shape index (κ1) is 14.8. The molecule has 0 aliphatic rings. The van der Waals surface area contributed by atoms with Gasteiger partial charge in [0.2, 0.25) is 0 Å². The average Bonchev–Trinajstić information content (AvgIpc) is 2.29. The van der Waals surface area contributed by atoms with Gasteiger partial charge in [0.05, 0.1) is 13.7 Å². The van der Waals surface area contributed by atoms with Gasteiger partial charge in [-0.25, -0.2) is 0 Å². The van der Waals surface area contributed by atoms with Crippen LogP contribution in [0.25, 0.3) is 0 Å². The van der Waals surface area contributed by atoms with Crippen LogP contribution < -0.4 is 15.2 Å². The molecule has 2 N–H and O–H groups in total. The van der Waals surface area contributed by atoms with Crippen molar-refractivity contribution in [3.05, 3.63) is 23.8 Å². The number of benzene rings is 1. The van der Waals surface area contributed by atoms with Gasteiger partial charge in [0, 0.05) is 0 Å². The highest BCUT2D eigenvalue weighted by molar-refractivity contribution is 5.46. The van der Waals surface area contributed by atoms with Gasteiger partial charge in [0.1, 0.15) is 0 Å². The molecule has 0 unspecified atom stereocenters. The van der Waals surface area contributed by atoms with Gasteiger partial charge in [0.25, 0.3) is 0 Å². The molecule has 0 heterocycles. The van der Waals surface area contributed by atoms with Crippen molar-refractivity contribution < 1.29 is 9.47 Å². The normalized spacial score (nSPS) is 11.4. The molecule has 0 radical (unpaired) electrons. The van der Waals surface area contributed by atoms with E-state index in [9.17, 15) is 0 Å². The van der Waals surface area contributed by atoms with Crippen LogP contribution in [0.3, 0.4) is 0 Å². The molecule has 3 nitrogen and oxygen atoms in total. The fraction of sp³-hybridized carbons (Fsp3) is 0.600. The van der Waals surface area contributed by atoms with E-state index in [1.807, 2.05) is 18.2 Å². The summed E-state index contributed by atoms with van der Waals surface area (Å²) in [7, 11) is 1.66. The van der Waals surface area contributed by atoms with Gasteiger partial charge in [-0.3, -0.25) is 0 Å². The van der Waals surface area contributed by atoms with Crippen LogP contribution in [0.1, 0.15) is 32.8 Å². The van der Waals surface area contributed by atoms with Crippen molar-refractivity contribution in [3.63, 3.8) is 0 Å². The molecule has 0 fully saturated rings. The molecule has 18 heavy (non-hydrogen) atoms. The predicted molar refractivity (Wildman–Crippen MR) is 75.3 cm³/mol. The molecule has 1 rings (SSSR count). The zero-order valence-corrected chi connectivity index (χ0v) is 12.0. The molecule has 102 valence electrons. The van der Waals surface area contributed by atoms with Gasteiger partial charge in [-0.2, -0.15) is 0 Å². The van der Waals surface area contributed by atoms with Gasteiger partial charge in [-0.1, -0.05) is 32.9 Å². The molecular weight excluding hydrogens is 226 g/mol. The highest BCUT2D eigenvalue weighted by Crippen LogP contribution is 2.32. The third-order valence-corrected chi connectivity index (χ3v) is 2.79. The highest BCUT2D eigenvalue weighted by atomic mass is 16.5. The molecular formula is C15H25NO2. The number of para-hydroxylation sites is 1. The van der Waals surface area contributed by atoms with Crippen LogP contribution in [0.5, 0.6) is 11.5 Å². The van der Waals surface area contributed by atoms with Crippen molar-refractivity contribution in [1.29, 1.82) is 0 Å². The van der Waals surface area contributed by atoms with Gasteiger partial charge in [0.15, 0.2) is 11.5 Å². The maximum absolute atomic E-state index is 5.91. The topological polar surface area (TPSA) is 44.5 Å². The SMILES string of the molecule is COc1cccc(CCN)c1OCCC(C)(C)C. The smallest absolute Gasteiger partial charge is 0.164 e. The van der Waals surface area contributed by atoms with Crippen LogP contribution in [0.15, 0.2) is 18.2 Å². The Morgan fingerprint density at radius 3 is 2.50 bits per heavy atom. The van der Waals surface area contributed by atoms with E-state index < -0.39 is 0 Å². The van der Waals surface area contributed by atoms with Crippen LogP contribution in [0, 0.1) is 5.41 Å². The van der Waals surface area contributed by atoms with Gasteiger partial charge in [-0.05, 0) is 36.4 Å². The lowest BCUT2D eigenvalue weighted by Gasteiger charge is -2.20. The lowest BCUT2D eigenvalue weighted by molar-refractivity contribution is 0.232. The summed E-state index contributed by atoms with van der Waals surface area (Å²) >= 11 is 0. The van der Waals surface area contributed by atoms with E-state index in [1.165, 1.54) is 0 Å². The van der Waals surface area contributed by atoms with Crippen molar-refractivity contribution >= 4 is 0 Å². The largest absolute Gasteiger partial charge is 0.493 e. The third-order valence-electron chi connectivity index (χ3n) is 2.79. The minimum atomic E-state index is 0.274. The number of ether oxygens (including phenoxy) is 2. The first-order valence-electron chi connectivity index (χ1n) is 6.46. The number of methoxy groups -OCH3 is 1. The molecule has 0 atom stereocenters. The summed E-state index contributed by atoms with van der Waals surface area (Å²) < 4.78 is 11.3. The van der Waals surface area contributed by atoms with Crippen LogP contribution in [0.4, 0.5) is 0 Å². The average molecular weight is 251 g/mol. The van der Waals surface area contributed by atoms with Gasteiger partial charge < -0.3 is 15.2 Å². The summed E-state index contributed by atoms with van der Waals surface area (Å²) in [6, 6.07) is 5.94. The molecule has 0 bridgehead atoms. The van der Waals surface area contributed by atoms with Crippen molar-refractivity contribution in [3.8, 4) is 11.5 Å². The van der Waals surface area contributed by atoms with E-state index in [0.29, 0.717) is 13.2 Å². The monoisotopic (exact) mass is 251 g/mol. The Hall–Kier alpha value is -1.22. The standard InChI is InChI=1S/C15H25NO2/c1-15(2,3)9-11-18-14-12(8-10-16)6-5-7-13(14)17-4/h5-7H,8-11,16H2,1-4H3. The van der Waals surface area contributed by atoms with Crippen molar-refractivity contribution in [2.45, 2.75) is 33.6 Å². The molecule has 0 amide bonds. The Bertz CT molecular complexity index is 369. The molecule has 3 heteroatoms. The van der Waals surface area contributed by atoms with Crippen LogP contribution in [-0.4, -0.2) is 20.3 Å². The quantitative estimate of drug-likeness (QED) is 0.845. The maximum atomic E-state index is 5.91. The first-order chi connectivity index (χ1) is 8.48. The van der Waals surface area contributed by atoms with Gasteiger partial charge >= 0.3 is 0 Å². The summed E-state index contributed by atoms with van der Waals surface area (Å²) in [5.74, 6) is 1.63. The van der Waals surface area contributed by atoms with E-state index in [4.69, 9.17) is 15.2 Å². The zero-order chi connectivity index (χ0) is 13.6. The molecule has 0 saturated heterocycles. The van der Waals surface area contributed by atoms with Crippen molar-refractivity contribution in [2.24, 2.45) is 11.1 Å². The summed E-state index contributed by atoms with van der Waals surface area (Å²) in [6.07, 6.45) is 1.81. The number of rotatable bonds is 6. The molecule has 1 aromatic carbocycles. The molecule has 0 spiro atoms. The molecule has 0 aliphatic carbocycles. The van der Waals surface area contributed by atoms with Crippen LogP contribution in [-0.2, 0) is 6.42 Å². The second kappa shape index (κ2) is 6.64. The van der Waals surface area contributed by atoms with Gasteiger partial charge in [-0.15, -0.1) is 0 Å². The molecule has 1 aromatic rings. The van der Waals surface area contributed by atoms with Crippen LogP contribution >= 0.6 is 0 Å². The minimum Gasteiger partial charge on any atom is -0.493 e. The van der Waals surface area contributed by atoms with Crippen LogP contribution in [0.2, 0.25) is 0 Å². The minimum absolute atomic E-state index is 0.274. The summed E-state index contributed by atoms with van der Waals surface area (Å²) in [5, 5.41) is 0. The predicted octanol–water partition coefficient (Wildman–Crippen LogP) is 3.01. The Kier molecular flexibility index (Phi) is 5.48. The van der Waals surface area contributed by atoms with E-state index in [-0.39, 0.29) is 5.41 Å². The number of hydrogen-bond donors (Lipinski definition) is 1. The Labute approximate surface area is 110 Å². The second-order valence-electron chi connectivity index (χ2n) is 5.65. The first-order valence-corrected chi connectivity index (χ1v) is 6.46. The lowest BCUT2D eigenvalue weighted by atomic mass is 9.93. The van der Waals surface area contributed by atoms with Crippen molar-refractivity contribution in [1.82, 2.24) is 0 Å². The van der Waals surface area contributed by atoms with Crippen molar-refractivity contribution in [2.75, 3.05) is 20.3 Å². The highest BCUT2D eigenvalue weighted by Gasteiger charge is 2.13. The zero-order valence-electron chi connectivity index (χ0n) is 12.0. The van der Waals surface area contributed by atoms with E-state index >= 15 is 0 Å². The molecule has 0 saturated carbocycles. The number of nitrogens with two attached hydrogens (primary N) is 1. The lowest BCUT2D eigenvalue weighted by Crippen LogP contribution is -2.13. The third kappa shape index (κ3) is 4.57. The fourth-order valence-electron chi connectivity index (χ4n) is 1.70. The summed E-state index contributed by atoms with van der Waals surface area (Å²) in [5.41, 5.74) is 7.01. The Balaban J connectivity index is 2.77. The summed E-state index contributed by atoms with van der Waals surface area (Å²) in [6.45, 7) is 7.93. The van der Waals surface area contributed by atoms with E-state index in [2.05, 4.69) is 20.8 Å². The summed E-state index contributed by atoms with van der Waals surface area (Å²) in [4.78, 5) is 0. The number of hydrogen-bond acceptors (Lipinski definition) is 3. The second-order valence-corrected chi connectivity index (χ2v) is 5.65.